The number of allylic oxidation sites excluding steroid dienone is 3. The molecule has 3 rings (SSSR count). The first-order chi connectivity index (χ1) is 21.9. The van der Waals surface area contributed by atoms with Gasteiger partial charge in [0.2, 0.25) is 5.91 Å². The van der Waals surface area contributed by atoms with E-state index in [0.717, 1.165) is 25.5 Å². The highest BCUT2D eigenvalue weighted by molar-refractivity contribution is 5.86. The molecule has 0 saturated carbocycles. The molecule has 1 aromatic carbocycles. The Labute approximate surface area is 278 Å². The first-order valence-corrected chi connectivity index (χ1v) is 14.6. The zero-order valence-corrected chi connectivity index (χ0v) is 28.8. The maximum Gasteiger partial charge on any atom is 0.330 e. The van der Waals surface area contributed by atoms with E-state index in [2.05, 4.69) is 67.3 Å². The minimum atomic E-state index is -0.341. The molecular weight excluding hydrogens is 576 g/mol. The summed E-state index contributed by atoms with van der Waals surface area (Å²) in [5, 5.41) is 0. The predicted octanol–water partition coefficient (Wildman–Crippen LogP) is 8.39. The van der Waals surface area contributed by atoms with Crippen LogP contribution < -0.4 is 0 Å². The number of benzene rings is 1. The maximum atomic E-state index is 10.3. The van der Waals surface area contributed by atoms with Gasteiger partial charge in [-0.2, -0.15) is 0 Å². The van der Waals surface area contributed by atoms with Crippen LogP contribution in [0.5, 0.6) is 0 Å². The number of esters is 1. The molecule has 1 fully saturated rings. The number of likely N-dealkylation sites (N-methyl/N-ethyl adjacent to an activating group) is 1. The van der Waals surface area contributed by atoms with Crippen molar-refractivity contribution >= 4 is 29.9 Å². The van der Waals surface area contributed by atoms with Crippen molar-refractivity contribution in [2.45, 2.75) is 40.0 Å². The Morgan fingerprint density at radius 3 is 1.74 bits per heavy atom. The number of ether oxygens (including phenoxy) is 1. The van der Waals surface area contributed by atoms with Gasteiger partial charge in [0.05, 0.1) is 12.9 Å². The average Bonchev–Trinajstić information content (AvgIpc) is 3.77. The molecule has 1 amide bonds. The summed E-state index contributed by atoms with van der Waals surface area (Å²) < 4.78 is 6.36. The smallest absolute Gasteiger partial charge is 0.330 e. The number of hydrogen-bond acceptors (Lipinski definition) is 6. The number of likely N-dealkylation sites (tertiary alicyclic amines) is 1. The van der Waals surface area contributed by atoms with Gasteiger partial charge in [0.25, 0.3) is 0 Å². The molecular formula is C38H56N4O4. The maximum absolute atomic E-state index is 10.3. The predicted molar refractivity (Wildman–Crippen MR) is 198 cm³/mol. The van der Waals surface area contributed by atoms with Gasteiger partial charge >= 0.3 is 5.97 Å². The van der Waals surface area contributed by atoms with Crippen molar-refractivity contribution in [2.24, 2.45) is 0 Å². The molecule has 0 spiro atoms. The number of rotatable bonds is 8. The highest BCUT2D eigenvalue weighted by Gasteiger charge is 2.09. The van der Waals surface area contributed by atoms with E-state index >= 15 is 0 Å². The van der Waals surface area contributed by atoms with E-state index in [4.69, 9.17) is 0 Å². The van der Waals surface area contributed by atoms with Crippen LogP contribution in [-0.4, -0.2) is 64.3 Å². The van der Waals surface area contributed by atoms with E-state index in [-0.39, 0.29) is 17.7 Å². The highest BCUT2D eigenvalue weighted by Crippen LogP contribution is 2.17. The molecule has 1 aliphatic heterocycles. The molecule has 2 heterocycles. The van der Waals surface area contributed by atoms with Gasteiger partial charge in [0, 0.05) is 51.0 Å². The summed E-state index contributed by atoms with van der Waals surface area (Å²) in [6.07, 6.45) is 19.3. The summed E-state index contributed by atoms with van der Waals surface area (Å²) >= 11 is 0. The number of imidazole rings is 1. The van der Waals surface area contributed by atoms with Gasteiger partial charge in [-0.15, -0.1) is 6.58 Å². The van der Waals surface area contributed by atoms with Crippen molar-refractivity contribution in [2.75, 3.05) is 27.2 Å². The summed E-state index contributed by atoms with van der Waals surface area (Å²) in [5.41, 5.74) is 2.38. The Hall–Kier alpha value is -5.24. The largest absolute Gasteiger partial charge is 0.463 e. The Morgan fingerprint density at radius 2 is 1.52 bits per heavy atom. The van der Waals surface area contributed by atoms with Gasteiger partial charge in [-0.05, 0) is 57.0 Å². The lowest BCUT2D eigenvalue weighted by Crippen LogP contribution is -2.18. The summed E-state index contributed by atoms with van der Waals surface area (Å²) in [6.45, 7) is 34.7. The topological polar surface area (TPSA) is 84.7 Å². The molecule has 252 valence electrons. The fourth-order valence-corrected chi connectivity index (χ4v) is 2.39. The van der Waals surface area contributed by atoms with Crippen LogP contribution in [0.1, 0.15) is 45.6 Å². The second-order valence-corrected chi connectivity index (χ2v) is 8.88. The van der Waals surface area contributed by atoms with Crippen LogP contribution in [0.3, 0.4) is 0 Å². The van der Waals surface area contributed by atoms with Crippen LogP contribution in [0, 0.1) is 0 Å². The van der Waals surface area contributed by atoms with Crippen LogP contribution >= 0.6 is 0 Å². The highest BCUT2D eigenvalue weighted by atomic mass is 16.5. The van der Waals surface area contributed by atoms with E-state index in [1.165, 1.54) is 41.7 Å². The average molecular weight is 633 g/mol. The monoisotopic (exact) mass is 632 g/mol. The van der Waals surface area contributed by atoms with Crippen LogP contribution in [0.15, 0.2) is 138 Å². The van der Waals surface area contributed by atoms with Gasteiger partial charge in [-0.1, -0.05) is 95.5 Å². The third-order valence-corrected chi connectivity index (χ3v) is 4.78. The molecule has 0 atom stereocenters. The fraction of sp³-hybridized carbons (Fsp3) is 0.263. The summed E-state index contributed by atoms with van der Waals surface area (Å²) in [6, 6.07) is 10.0. The molecule has 0 radical (unpaired) electrons. The van der Waals surface area contributed by atoms with E-state index in [1.54, 1.807) is 43.5 Å². The molecule has 0 N–H and O–H groups in total. The quantitative estimate of drug-likeness (QED) is 0.165. The molecule has 2 aromatic rings. The van der Waals surface area contributed by atoms with E-state index < -0.39 is 0 Å². The minimum Gasteiger partial charge on any atom is -0.463 e. The van der Waals surface area contributed by atoms with Gasteiger partial charge in [0.1, 0.15) is 0 Å². The lowest BCUT2D eigenvalue weighted by atomic mass is 10.2. The Kier molecular flexibility index (Phi) is 37.3. The Bertz CT molecular complexity index is 1150. The number of carbonyl (C=O) groups is 3. The van der Waals surface area contributed by atoms with E-state index in [0.29, 0.717) is 6.61 Å². The van der Waals surface area contributed by atoms with Crippen LogP contribution in [0.4, 0.5) is 0 Å². The summed E-state index contributed by atoms with van der Waals surface area (Å²) in [5.74, 6) is -0.378. The zero-order chi connectivity index (χ0) is 36.2. The van der Waals surface area contributed by atoms with Crippen molar-refractivity contribution in [3.8, 4) is 0 Å². The van der Waals surface area contributed by atoms with Gasteiger partial charge < -0.3 is 19.1 Å². The van der Waals surface area contributed by atoms with Gasteiger partial charge in [0.15, 0.2) is 5.78 Å². The molecule has 0 bridgehead atoms. The van der Waals surface area contributed by atoms with Crippen molar-refractivity contribution in [1.29, 1.82) is 0 Å². The summed E-state index contributed by atoms with van der Waals surface area (Å²) in [4.78, 5) is 37.6. The second-order valence-electron chi connectivity index (χ2n) is 8.88. The number of ketones is 1. The lowest BCUT2D eigenvalue weighted by molar-refractivity contribution is -0.137. The SMILES string of the molecule is C=CC.C=CC(=O)N(C)C.C=CC(=O)OCCC.C=CC(C)=O.C=CN1CCCC1=C.C=Cc1ccccc1.C=Cn1ccnc1. The zero-order valence-electron chi connectivity index (χ0n) is 28.8. The number of amides is 1. The van der Waals surface area contributed by atoms with Crippen LogP contribution in [-0.2, 0) is 19.1 Å². The normalized spacial score (nSPS) is 9.76. The fourth-order valence-electron chi connectivity index (χ4n) is 2.39. The molecule has 46 heavy (non-hydrogen) atoms. The number of nitrogens with zero attached hydrogens (tertiary/aromatic N) is 4. The molecule has 0 unspecified atom stereocenters. The molecule has 1 aromatic heterocycles. The number of carbonyl (C=O) groups excluding carboxylic acids is 3. The minimum absolute atomic E-state index is 0.0185. The van der Waals surface area contributed by atoms with Crippen LogP contribution in [0.25, 0.3) is 12.3 Å². The van der Waals surface area contributed by atoms with Crippen molar-refractivity contribution in [3.63, 3.8) is 0 Å². The van der Waals surface area contributed by atoms with Crippen molar-refractivity contribution in [1.82, 2.24) is 19.4 Å². The van der Waals surface area contributed by atoms with Gasteiger partial charge in [-0.3, -0.25) is 9.59 Å². The molecule has 1 saturated heterocycles. The van der Waals surface area contributed by atoms with Gasteiger partial charge in [-0.25, -0.2) is 9.78 Å². The van der Waals surface area contributed by atoms with Crippen molar-refractivity contribution < 1.29 is 19.1 Å². The standard InChI is InChI=1S/C8H8.C7H11N.C6H10O2.C5H6N2.C5H9NO.C4H6O.C3H6/c1-2-8-6-4-3-5-7-8;1-3-8-6-4-5-7(8)2;1-3-5-8-6(7)4-2;1-2-7-4-3-6-5-7;1-4-5(7)6(2)3;1-3-4(2)5;1-3-2/h2-7H,1H2;3H,1-2,4-6H2;4H,2-3,5H2,1H3;2-5H,1H2;4H,1H2,2-3H3;3H,1H2,2H3;3H,1H2,2H3. The van der Waals surface area contributed by atoms with E-state index in [1.807, 2.05) is 62.7 Å². The van der Waals surface area contributed by atoms with Crippen LogP contribution in [0.2, 0.25) is 0 Å². The van der Waals surface area contributed by atoms with Crippen molar-refractivity contribution in [3.05, 3.63) is 143 Å². The molecule has 1 aliphatic rings. The Balaban J connectivity index is -0.000000227. The third-order valence-electron chi connectivity index (χ3n) is 4.78. The molecule has 8 nitrogen and oxygen atoms in total. The number of hydrogen-bond donors (Lipinski definition) is 0. The molecule has 0 aliphatic carbocycles. The third kappa shape index (κ3) is 35.0. The second kappa shape index (κ2) is 36.0. The first kappa shape index (κ1) is 47.7. The number of aromatic nitrogens is 2. The Morgan fingerprint density at radius 1 is 0.957 bits per heavy atom. The lowest BCUT2D eigenvalue weighted by Gasteiger charge is -2.10. The first-order valence-electron chi connectivity index (χ1n) is 14.6. The molecule has 8 heteroatoms. The summed E-state index contributed by atoms with van der Waals surface area (Å²) in [7, 11) is 3.37. The van der Waals surface area contributed by atoms with E-state index in [9.17, 15) is 14.4 Å².